The second kappa shape index (κ2) is 8.36. The van der Waals surface area contributed by atoms with Crippen LogP contribution in [0.25, 0.3) is 0 Å². The van der Waals surface area contributed by atoms with Crippen LogP contribution >= 0.6 is 23.2 Å². The first-order chi connectivity index (χ1) is 13.0. The number of benzene rings is 1. The molecule has 142 valence electrons. The van der Waals surface area contributed by atoms with Crippen LogP contribution in [0.4, 0.5) is 17.3 Å². The lowest BCUT2D eigenvalue weighted by molar-refractivity contribution is -0.383. The Kier molecular flexibility index (Phi) is 5.92. The second-order valence-corrected chi connectivity index (χ2v) is 6.85. The number of carbonyl (C=O) groups excluding carboxylic acids is 1. The van der Waals surface area contributed by atoms with Crippen molar-refractivity contribution >= 4 is 46.4 Å². The molecule has 1 aliphatic rings. The van der Waals surface area contributed by atoms with Gasteiger partial charge in [-0.3, -0.25) is 25.8 Å². The minimum atomic E-state index is -0.596. The van der Waals surface area contributed by atoms with E-state index in [0.717, 1.165) is 25.7 Å². The van der Waals surface area contributed by atoms with E-state index < -0.39 is 10.8 Å². The molecule has 0 bridgehead atoms. The Morgan fingerprint density at radius 3 is 2.56 bits per heavy atom. The zero-order valence-electron chi connectivity index (χ0n) is 14.0. The molecule has 1 heterocycles. The largest absolute Gasteiger partial charge is 0.361 e. The summed E-state index contributed by atoms with van der Waals surface area (Å²) in [5.74, 6) is -0.605. The number of aromatic nitrogens is 2. The molecule has 9 nitrogen and oxygen atoms in total. The van der Waals surface area contributed by atoms with Crippen molar-refractivity contribution in [1.82, 2.24) is 15.4 Å². The van der Waals surface area contributed by atoms with Crippen LogP contribution in [0.1, 0.15) is 36.0 Å². The predicted octanol–water partition coefficient (Wildman–Crippen LogP) is 3.80. The average molecular weight is 411 g/mol. The first kappa shape index (κ1) is 19.1. The fourth-order valence-corrected chi connectivity index (χ4v) is 3.36. The van der Waals surface area contributed by atoms with Crippen LogP contribution in [0.15, 0.2) is 24.5 Å². The van der Waals surface area contributed by atoms with Crippen molar-refractivity contribution in [3.63, 3.8) is 0 Å². The Labute approximate surface area is 164 Å². The van der Waals surface area contributed by atoms with Crippen LogP contribution < -0.4 is 16.2 Å². The molecule has 2 aromatic rings. The van der Waals surface area contributed by atoms with Gasteiger partial charge >= 0.3 is 5.69 Å². The van der Waals surface area contributed by atoms with E-state index in [0.29, 0.717) is 5.02 Å². The molecule has 0 saturated heterocycles. The third kappa shape index (κ3) is 4.55. The van der Waals surface area contributed by atoms with E-state index in [-0.39, 0.29) is 34.0 Å². The normalized spacial score (nSPS) is 14.0. The smallest absolute Gasteiger partial charge is 0.354 e. The number of halogens is 2. The monoisotopic (exact) mass is 410 g/mol. The molecule has 3 N–H and O–H groups in total. The number of anilines is 2. The summed E-state index contributed by atoms with van der Waals surface area (Å²) in [4.78, 5) is 31.0. The van der Waals surface area contributed by atoms with Crippen molar-refractivity contribution in [2.45, 2.75) is 31.7 Å². The Hall–Kier alpha value is -2.65. The van der Waals surface area contributed by atoms with Gasteiger partial charge in [-0.2, -0.15) is 0 Å². The molecule has 0 radical (unpaired) electrons. The highest BCUT2D eigenvalue weighted by atomic mass is 35.5. The summed E-state index contributed by atoms with van der Waals surface area (Å²) in [6.07, 6.45) is 5.18. The lowest BCUT2D eigenvalue weighted by Crippen LogP contribution is -2.30. The van der Waals surface area contributed by atoms with Crippen molar-refractivity contribution < 1.29 is 9.72 Å². The predicted molar refractivity (Wildman–Crippen MR) is 102 cm³/mol. The van der Waals surface area contributed by atoms with Crippen molar-refractivity contribution in [1.29, 1.82) is 0 Å². The first-order valence-corrected chi connectivity index (χ1v) is 8.98. The molecule has 1 amide bonds. The number of nitro groups is 1. The van der Waals surface area contributed by atoms with Crippen molar-refractivity contribution in [3.05, 3.63) is 50.2 Å². The van der Waals surface area contributed by atoms with E-state index in [9.17, 15) is 14.9 Å². The molecule has 1 aromatic heterocycles. The molecule has 27 heavy (non-hydrogen) atoms. The fraction of sp³-hybridized carbons (Fsp3) is 0.312. The zero-order valence-corrected chi connectivity index (χ0v) is 15.5. The highest BCUT2D eigenvalue weighted by Gasteiger charge is 2.26. The number of amides is 1. The summed E-state index contributed by atoms with van der Waals surface area (Å²) in [6, 6.07) is 4.52. The summed E-state index contributed by atoms with van der Waals surface area (Å²) in [7, 11) is 0. The molecule has 0 unspecified atom stereocenters. The third-order valence-electron chi connectivity index (χ3n) is 4.17. The number of nitrogens with one attached hydrogen (secondary N) is 3. The minimum Gasteiger partial charge on any atom is -0.361 e. The molecule has 11 heteroatoms. The van der Waals surface area contributed by atoms with Crippen molar-refractivity contribution in [2.75, 3.05) is 10.7 Å². The van der Waals surface area contributed by atoms with Crippen LogP contribution in [-0.2, 0) is 0 Å². The van der Waals surface area contributed by atoms with E-state index in [4.69, 9.17) is 23.2 Å². The maximum Gasteiger partial charge on any atom is 0.354 e. The van der Waals surface area contributed by atoms with Crippen LogP contribution in [0.2, 0.25) is 10.0 Å². The Morgan fingerprint density at radius 1 is 1.19 bits per heavy atom. The number of hydrogen-bond acceptors (Lipinski definition) is 7. The number of hydrogen-bond donors (Lipinski definition) is 3. The van der Waals surface area contributed by atoms with Gasteiger partial charge in [0.2, 0.25) is 11.6 Å². The third-order valence-corrected chi connectivity index (χ3v) is 4.72. The number of carbonyl (C=O) groups is 1. The molecule has 0 spiro atoms. The second-order valence-electron chi connectivity index (χ2n) is 6.01. The summed E-state index contributed by atoms with van der Waals surface area (Å²) in [5.41, 5.74) is 4.65. The fourth-order valence-electron chi connectivity index (χ4n) is 2.87. The first-order valence-electron chi connectivity index (χ1n) is 8.23. The topological polar surface area (TPSA) is 122 Å². The van der Waals surface area contributed by atoms with E-state index >= 15 is 0 Å². The zero-order chi connectivity index (χ0) is 19.4. The van der Waals surface area contributed by atoms with E-state index in [1.807, 2.05) is 0 Å². The van der Waals surface area contributed by atoms with Crippen LogP contribution in [0.3, 0.4) is 0 Å². The molecule has 1 aliphatic carbocycles. The molecular weight excluding hydrogens is 395 g/mol. The lowest BCUT2D eigenvalue weighted by Gasteiger charge is -2.14. The van der Waals surface area contributed by atoms with Gasteiger partial charge in [0.1, 0.15) is 6.33 Å². The minimum absolute atomic E-state index is 0.114. The average Bonchev–Trinajstić information content (AvgIpc) is 3.12. The molecule has 1 aromatic carbocycles. The lowest BCUT2D eigenvalue weighted by atomic mass is 10.2. The molecule has 1 fully saturated rings. The van der Waals surface area contributed by atoms with Gasteiger partial charge in [-0.25, -0.2) is 9.97 Å². The quantitative estimate of drug-likeness (QED) is 0.488. The summed E-state index contributed by atoms with van der Waals surface area (Å²) in [5, 5.41) is 15.1. The number of hydrazine groups is 1. The van der Waals surface area contributed by atoms with Crippen molar-refractivity contribution in [2.24, 2.45) is 0 Å². The van der Waals surface area contributed by atoms with Gasteiger partial charge < -0.3 is 5.32 Å². The maximum atomic E-state index is 12.3. The van der Waals surface area contributed by atoms with Crippen LogP contribution in [0.5, 0.6) is 0 Å². The highest BCUT2D eigenvalue weighted by Crippen LogP contribution is 2.31. The van der Waals surface area contributed by atoms with Crippen molar-refractivity contribution in [3.8, 4) is 0 Å². The number of rotatable bonds is 6. The van der Waals surface area contributed by atoms with E-state index in [1.165, 1.54) is 24.5 Å². The SMILES string of the molecule is O=C(NNc1ncnc(NC2CCCC2)c1[N+](=O)[O-])c1ccc(Cl)cc1Cl. The van der Waals surface area contributed by atoms with Crippen LogP contribution in [0, 0.1) is 10.1 Å². The maximum absolute atomic E-state index is 12.3. The van der Waals surface area contributed by atoms with Crippen LogP contribution in [-0.4, -0.2) is 26.8 Å². The Bertz CT molecular complexity index is 873. The molecule has 0 atom stereocenters. The van der Waals surface area contributed by atoms with Gasteiger partial charge in [-0.1, -0.05) is 36.0 Å². The molecule has 1 saturated carbocycles. The summed E-state index contributed by atoms with van der Waals surface area (Å²) in [6.45, 7) is 0. The Balaban J connectivity index is 1.77. The van der Waals surface area contributed by atoms with Gasteiger partial charge in [-0.05, 0) is 31.0 Å². The van der Waals surface area contributed by atoms with Gasteiger partial charge in [0.05, 0.1) is 15.5 Å². The van der Waals surface area contributed by atoms with E-state index in [2.05, 4.69) is 26.1 Å². The molecule has 3 rings (SSSR count). The number of nitrogens with zero attached hydrogens (tertiary/aromatic N) is 3. The summed E-state index contributed by atoms with van der Waals surface area (Å²) < 4.78 is 0. The van der Waals surface area contributed by atoms with Gasteiger partial charge in [0.25, 0.3) is 5.91 Å². The van der Waals surface area contributed by atoms with Gasteiger partial charge in [-0.15, -0.1) is 0 Å². The standard InChI is InChI=1S/C16H16Cl2N6O3/c17-9-5-6-11(12(18)7-9)16(25)23-22-15-13(24(26)27)14(19-8-20-15)21-10-3-1-2-4-10/h5-8,10H,1-4H2,(H,23,25)(H2,19,20,21,22). The summed E-state index contributed by atoms with van der Waals surface area (Å²) >= 11 is 11.8. The molecule has 0 aliphatic heterocycles. The molecular formula is C16H16Cl2N6O3. The van der Waals surface area contributed by atoms with E-state index in [1.54, 1.807) is 0 Å². The Morgan fingerprint density at radius 2 is 1.89 bits per heavy atom. The van der Waals surface area contributed by atoms with Gasteiger partial charge in [0.15, 0.2) is 0 Å². The highest BCUT2D eigenvalue weighted by molar-refractivity contribution is 6.36. The van der Waals surface area contributed by atoms with Gasteiger partial charge in [0, 0.05) is 11.1 Å².